The van der Waals surface area contributed by atoms with Crippen LogP contribution in [0, 0.1) is 0 Å². The fourth-order valence-corrected chi connectivity index (χ4v) is 2.69. The first-order valence-corrected chi connectivity index (χ1v) is 7.74. The Hall–Kier alpha value is -1.82. The van der Waals surface area contributed by atoms with Gasteiger partial charge in [0.15, 0.2) is 0 Å². The first-order valence-electron chi connectivity index (χ1n) is 6.95. The molecular formula is C16H19BrN2O3. The maximum atomic E-state index is 12.2. The third-order valence-electron chi connectivity index (χ3n) is 3.23. The van der Waals surface area contributed by atoms with E-state index in [0.29, 0.717) is 17.0 Å². The number of rotatable bonds is 4. The molecule has 1 aliphatic heterocycles. The Morgan fingerprint density at radius 1 is 1.41 bits per heavy atom. The van der Waals surface area contributed by atoms with Gasteiger partial charge in [-0.25, -0.2) is 4.79 Å². The van der Waals surface area contributed by atoms with Gasteiger partial charge in [-0.3, -0.25) is 4.99 Å². The maximum Gasteiger partial charge on any atom is 0.340 e. The highest BCUT2D eigenvalue weighted by molar-refractivity contribution is 9.10. The van der Waals surface area contributed by atoms with E-state index in [1.165, 1.54) is 0 Å². The van der Waals surface area contributed by atoms with Gasteiger partial charge in [-0.15, -0.1) is 0 Å². The third kappa shape index (κ3) is 3.32. The van der Waals surface area contributed by atoms with E-state index in [1.807, 2.05) is 39.8 Å². The second-order valence-electron chi connectivity index (χ2n) is 5.28. The Kier molecular flexibility index (Phi) is 4.90. The molecule has 0 radical (unpaired) electrons. The van der Waals surface area contributed by atoms with Crippen molar-refractivity contribution in [1.82, 2.24) is 4.98 Å². The second-order valence-corrected chi connectivity index (χ2v) is 6.13. The van der Waals surface area contributed by atoms with Crippen LogP contribution in [0.25, 0.3) is 6.08 Å². The first kappa shape index (κ1) is 16.5. The molecule has 2 heterocycles. The summed E-state index contributed by atoms with van der Waals surface area (Å²) in [6.45, 7) is 7.33. The van der Waals surface area contributed by atoms with Gasteiger partial charge in [0.25, 0.3) is 0 Å². The second kappa shape index (κ2) is 6.52. The zero-order valence-electron chi connectivity index (χ0n) is 13.3. The summed E-state index contributed by atoms with van der Waals surface area (Å²) in [6.07, 6.45) is 1.70. The Morgan fingerprint density at radius 3 is 2.68 bits per heavy atom. The van der Waals surface area contributed by atoms with E-state index in [9.17, 15) is 4.79 Å². The molecule has 0 unspecified atom stereocenters. The minimum Gasteiger partial charge on any atom is -0.494 e. The van der Waals surface area contributed by atoms with Crippen molar-refractivity contribution in [2.75, 3.05) is 7.11 Å². The number of carbonyl (C=O) groups excluding carboxylic acids is 1. The normalized spacial score (nSPS) is 16.5. The number of esters is 1. The lowest BCUT2D eigenvalue weighted by atomic mass is 10.1. The fraction of sp³-hybridized carbons (Fsp3) is 0.375. The standard InChI is InChI=1S/C16H19BrN2O3/c1-8(2)22-16(20)15-9(3)11(18-10(15)4)6-12-13(21-5)7-14(17)19-12/h6-8,19H,1-5H3/b11-6-. The lowest BCUT2D eigenvalue weighted by Crippen LogP contribution is -2.17. The predicted octanol–water partition coefficient (Wildman–Crippen LogP) is 3.87. The summed E-state index contributed by atoms with van der Waals surface area (Å²) in [5.74, 6) is 0.370. The van der Waals surface area contributed by atoms with Crippen LogP contribution in [0.5, 0.6) is 5.75 Å². The topological polar surface area (TPSA) is 63.7 Å². The van der Waals surface area contributed by atoms with Crippen molar-refractivity contribution in [1.29, 1.82) is 0 Å². The average molecular weight is 367 g/mol. The molecule has 0 aliphatic carbocycles. The molecule has 1 aromatic rings. The fourth-order valence-electron chi connectivity index (χ4n) is 2.27. The molecule has 5 nitrogen and oxygen atoms in total. The Morgan fingerprint density at radius 2 is 2.09 bits per heavy atom. The van der Waals surface area contributed by atoms with Crippen molar-refractivity contribution >= 4 is 33.7 Å². The number of methoxy groups -OCH3 is 1. The molecule has 1 aromatic heterocycles. The number of aromatic nitrogens is 1. The summed E-state index contributed by atoms with van der Waals surface area (Å²) < 4.78 is 11.4. The molecule has 0 fully saturated rings. The Labute approximate surface area is 138 Å². The molecule has 0 saturated carbocycles. The molecule has 0 saturated heterocycles. The van der Waals surface area contributed by atoms with E-state index in [0.717, 1.165) is 21.6 Å². The van der Waals surface area contributed by atoms with E-state index < -0.39 is 0 Å². The zero-order chi connectivity index (χ0) is 16.4. The van der Waals surface area contributed by atoms with Crippen LogP contribution in [-0.4, -0.2) is 29.9 Å². The van der Waals surface area contributed by atoms with Crippen LogP contribution in [-0.2, 0) is 9.53 Å². The van der Waals surface area contributed by atoms with Gasteiger partial charge in [0.05, 0.1) is 40.5 Å². The highest BCUT2D eigenvalue weighted by Crippen LogP contribution is 2.31. The number of hydrogen-bond donors (Lipinski definition) is 1. The van der Waals surface area contributed by atoms with Crippen LogP contribution >= 0.6 is 15.9 Å². The average Bonchev–Trinajstić information content (AvgIpc) is 2.89. The molecule has 0 aromatic carbocycles. The van der Waals surface area contributed by atoms with E-state index >= 15 is 0 Å². The van der Waals surface area contributed by atoms with Gasteiger partial charge < -0.3 is 14.5 Å². The van der Waals surface area contributed by atoms with Crippen molar-refractivity contribution in [2.24, 2.45) is 4.99 Å². The van der Waals surface area contributed by atoms with Crippen molar-refractivity contribution in [3.63, 3.8) is 0 Å². The summed E-state index contributed by atoms with van der Waals surface area (Å²) >= 11 is 3.38. The number of H-pyrrole nitrogens is 1. The van der Waals surface area contributed by atoms with Gasteiger partial charge in [0, 0.05) is 6.07 Å². The van der Waals surface area contributed by atoms with Crippen molar-refractivity contribution in [3.05, 3.63) is 33.2 Å². The minimum atomic E-state index is -0.336. The number of nitrogens with one attached hydrogen (secondary N) is 1. The molecule has 1 aliphatic rings. The van der Waals surface area contributed by atoms with E-state index in [4.69, 9.17) is 9.47 Å². The SMILES string of the molecule is COc1cc(Br)[nH]c1/C=C1\N=C(C)C(C(=O)OC(C)C)=C1C. The van der Waals surface area contributed by atoms with E-state index in [-0.39, 0.29) is 12.1 Å². The van der Waals surface area contributed by atoms with Crippen LogP contribution in [0.15, 0.2) is 32.5 Å². The molecule has 2 rings (SSSR count). The highest BCUT2D eigenvalue weighted by atomic mass is 79.9. The Balaban J connectivity index is 2.39. The number of aliphatic imine (C=N–C) groups is 1. The molecule has 6 heteroatoms. The Bertz CT molecular complexity index is 696. The number of halogens is 1. The van der Waals surface area contributed by atoms with Gasteiger partial charge in [-0.2, -0.15) is 0 Å². The molecule has 0 spiro atoms. The van der Waals surface area contributed by atoms with Crippen molar-refractivity contribution < 1.29 is 14.3 Å². The van der Waals surface area contributed by atoms with Crippen LogP contribution in [0.2, 0.25) is 0 Å². The lowest BCUT2D eigenvalue weighted by Gasteiger charge is -2.09. The molecule has 0 amide bonds. The third-order valence-corrected chi connectivity index (χ3v) is 3.66. The molecular weight excluding hydrogens is 348 g/mol. The van der Waals surface area contributed by atoms with Crippen LogP contribution < -0.4 is 4.74 Å². The molecule has 0 bridgehead atoms. The molecule has 0 atom stereocenters. The number of carbonyl (C=O) groups is 1. The maximum absolute atomic E-state index is 12.2. The predicted molar refractivity (Wildman–Crippen MR) is 90.1 cm³/mol. The van der Waals surface area contributed by atoms with Crippen LogP contribution in [0.3, 0.4) is 0 Å². The van der Waals surface area contributed by atoms with E-state index in [1.54, 1.807) is 7.11 Å². The highest BCUT2D eigenvalue weighted by Gasteiger charge is 2.26. The van der Waals surface area contributed by atoms with Gasteiger partial charge in [0.1, 0.15) is 5.75 Å². The number of ether oxygens (including phenoxy) is 2. The zero-order valence-corrected chi connectivity index (χ0v) is 14.9. The lowest BCUT2D eigenvalue weighted by molar-refractivity contribution is -0.142. The summed E-state index contributed by atoms with van der Waals surface area (Å²) in [4.78, 5) is 19.8. The largest absolute Gasteiger partial charge is 0.494 e. The smallest absolute Gasteiger partial charge is 0.340 e. The summed E-state index contributed by atoms with van der Waals surface area (Å²) in [7, 11) is 1.61. The minimum absolute atomic E-state index is 0.159. The number of allylic oxidation sites excluding steroid dienone is 1. The quantitative estimate of drug-likeness (QED) is 0.822. The van der Waals surface area contributed by atoms with E-state index in [2.05, 4.69) is 25.9 Å². The molecule has 118 valence electrons. The summed E-state index contributed by atoms with van der Waals surface area (Å²) in [5, 5.41) is 0. The summed E-state index contributed by atoms with van der Waals surface area (Å²) in [6, 6.07) is 1.84. The van der Waals surface area contributed by atoms with Gasteiger partial charge >= 0.3 is 5.97 Å². The molecule has 1 N–H and O–H groups in total. The first-order chi connectivity index (χ1) is 10.3. The van der Waals surface area contributed by atoms with Gasteiger partial charge in [-0.1, -0.05) is 0 Å². The van der Waals surface area contributed by atoms with Crippen LogP contribution in [0.1, 0.15) is 33.4 Å². The number of hydrogen-bond acceptors (Lipinski definition) is 4. The number of nitrogens with zero attached hydrogens (tertiary/aromatic N) is 1. The summed E-state index contributed by atoms with van der Waals surface area (Å²) in [5.41, 5.74) is 3.51. The molecule has 22 heavy (non-hydrogen) atoms. The number of aromatic amines is 1. The van der Waals surface area contributed by atoms with Crippen molar-refractivity contribution in [3.8, 4) is 5.75 Å². The van der Waals surface area contributed by atoms with Crippen molar-refractivity contribution in [2.45, 2.75) is 33.8 Å². The van der Waals surface area contributed by atoms with Gasteiger partial charge in [-0.05, 0) is 55.3 Å². The van der Waals surface area contributed by atoms with Gasteiger partial charge in [0.2, 0.25) is 0 Å². The monoisotopic (exact) mass is 366 g/mol. The van der Waals surface area contributed by atoms with Crippen LogP contribution in [0.4, 0.5) is 0 Å².